The van der Waals surface area contributed by atoms with Crippen molar-refractivity contribution in [3.63, 3.8) is 0 Å². The molecule has 2 aromatic heterocycles. The summed E-state index contributed by atoms with van der Waals surface area (Å²) < 4.78 is 26.9. The summed E-state index contributed by atoms with van der Waals surface area (Å²) in [6.45, 7) is 1.74. The number of hydrogen-bond donors (Lipinski definition) is 1. The molecular formula is C12H11N3O2S2. The third-order valence-electron chi connectivity index (χ3n) is 2.47. The van der Waals surface area contributed by atoms with Crippen LogP contribution in [0.2, 0.25) is 0 Å². The van der Waals surface area contributed by atoms with E-state index in [-0.39, 0.29) is 10.3 Å². The van der Waals surface area contributed by atoms with E-state index in [0.29, 0.717) is 4.88 Å². The average Bonchev–Trinajstić information content (AvgIpc) is 2.89. The van der Waals surface area contributed by atoms with Gasteiger partial charge >= 0.3 is 0 Å². The van der Waals surface area contributed by atoms with Crippen LogP contribution in [-0.2, 0) is 10.0 Å². The van der Waals surface area contributed by atoms with Crippen LogP contribution in [0.1, 0.15) is 23.4 Å². The van der Waals surface area contributed by atoms with Crippen LogP contribution >= 0.6 is 11.3 Å². The third-order valence-corrected chi connectivity index (χ3v) is 5.50. The number of rotatable bonds is 4. The van der Waals surface area contributed by atoms with Crippen molar-refractivity contribution in [3.05, 3.63) is 47.1 Å². The zero-order chi connectivity index (χ0) is 13.9. The first-order valence-electron chi connectivity index (χ1n) is 5.45. The summed E-state index contributed by atoms with van der Waals surface area (Å²) >= 11 is 0.950. The molecule has 0 saturated carbocycles. The van der Waals surface area contributed by atoms with E-state index in [1.165, 1.54) is 12.1 Å². The summed E-state index contributed by atoms with van der Waals surface area (Å²) in [5.74, 6) is 0. The first-order valence-corrected chi connectivity index (χ1v) is 7.75. The fourth-order valence-corrected chi connectivity index (χ4v) is 3.87. The second-order valence-corrected chi connectivity index (χ2v) is 6.88. The first kappa shape index (κ1) is 13.7. The summed E-state index contributed by atoms with van der Waals surface area (Å²) in [6, 6.07) is 8.01. The van der Waals surface area contributed by atoms with Gasteiger partial charge in [-0.3, -0.25) is 4.98 Å². The molecule has 19 heavy (non-hydrogen) atoms. The molecule has 0 fully saturated rings. The van der Waals surface area contributed by atoms with Gasteiger partial charge in [0.1, 0.15) is 15.2 Å². The van der Waals surface area contributed by atoms with Gasteiger partial charge in [0.15, 0.2) is 0 Å². The maximum atomic E-state index is 12.1. The molecule has 7 heteroatoms. The summed E-state index contributed by atoms with van der Waals surface area (Å²) in [5.41, 5.74) is 0.781. The summed E-state index contributed by atoms with van der Waals surface area (Å²) in [5, 5.41) is 8.71. The highest BCUT2D eigenvalue weighted by Crippen LogP contribution is 2.22. The number of nitrogens with one attached hydrogen (secondary N) is 1. The molecule has 0 aliphatic heterocycles. The number of nitrogens with zero attached hydrogens (tertiary/aromatic N) is 2. The zero-order valence-corrected chi connectivity index (χ0v) is 11.7. The van der Waals surface area contributed by atoms with E-state index in [9.17, 15) is 8.42 Å². The third kappa shape index (κ3) is 3.17. The largest absolute Gasteiger partial charge is 0.264 e. The second-order valence-electron chi connectivity index (χ2n) is 3.86. The molecule has 0 spiro atoms. The normalized spacial score (nSPS) is 12.8. The van der Waals surface area contributed by atoms with Crippen LogP contribution in [-0.4, -0.2) is 13.4 Å². The molecule has 5 nitrogen and oxygen atoms in total. The Morgan fingerprint density at radius 2 is 2.21 bits per heavy atom. The number of thiophene rings is 1. The Morgan fingerprint density at radius 3 is 2.79 bits per heavy atom. The Hall–Kier alpha value is -1.75. The van der Waals surface area contributed by atoms with Gasteiger partial charge in [0, 0.05) is 18.4 Å². The van der Waals surface area contributed by atoms with Crippen molar-refractivity contribution in [1.29, 1.82) is 5.26 Å². The van der Waals surface area contributed by atoms with Gasteiger partial charge in [-0.25, -0.2) is 13.1 Å². The van der Waals surface area contributed by atoms with Crippen LogP contribution in [0.15, 0.2) is 40.9 Å². The monoisotopic (exact) mass is 293 g/mol. The molecule has 2 aromatic rings. The molecule has 1 N–H and O–H groups in total. The van der Waals surface area contributed by atoms with Gasteiger partial charge in [-0.15, -0.1) is 11.3 Å². The van der Waals surface area contributed by atoms with E-state index in [1.807, 2.05) is 6.07 Å². The van der Waals surface area contributed by atoms with Crippen molar-refractivity contribution in [2.45, 2.75) is 17.2 Å². The van der Waals surface area contributed by atoms with E-state index >= 15 is 0 Å². The van der Waals surface area contributed by atoms with Gasteiger partial charge in [0.2, 0.25) is 0 Å². The van der Waals surface area contributed by atoms with Crippen molar-refractivity contribution in [2.75, 3.05) is 0 Å². The van der Waals surface area contributed by atoms with Crippen molar-refractivity contribution in [1.82, 2.24) is 9.71 Å². The van der Waals surface area contributed by atoms with E-state index < -0.39 is 10.0 Å². The molecule has 0 aliphatic carbocycles. The van der Waals surface area contributed by atoms with E-state index in [0.717, 1.165) is 16.9 Å². The Labute approximate surface area is 115 Å². The molecular weight excluding hydrogens is 282 g/mol. The van der Waals surface area contributed by atoms with Gasteiger partial charge in [-0.2, -0.15) is 5.26 Å². The van der Waals surface area contributed by atoms with Crippen LogP contribution in [0.3, 0.4) is 0 Å². The minimum atomic E-state index is -3.61. The van der Waals surface area contributed by atoms with Gasteiger partial charge in [0.25, 0.3) is 10.0 Å². The molecule has 0 radical (unpaired) electrons. The highest BCUT2D eigenvalue weighted by molar-refractivity contribution is 7.91. The Balaban J connectivity index is 2.20. The highest BCUT2D eigenvalue weighted by atomic mass is 32.2. The van der Waals surface area contributed by atoms with Crippen molar-refractivity contribution in [2.24, 2.45) is 0 Å². The average molecular weight is 293 g/mol. The SMILES string of the molecule is CC(NS(=O)(=O)c1ccc(C#N)s1)c1cccnc1. The standard InChI is InChI=1S/C12H11N3O2S2/c1-9(10-3-2-6-14-8-10)15-19(16,17)12-5-4-11(7-13)18-12/h2-6,8-9,15H,1H3. The van der Waals surface area contributed by atoms with E-state index in [2.05, 4.69) is 9.71 Å². The molecule has 0 aromatic carbocycles. The summed E-state index contributed by atoms with van der Waals surface area (Å²) in [4.78, 5) is 4.32. The first-order chi connectivity index (χ1) is 9.03. The van der Waals surface area contributed by atoms with Crippen molar-refractivity contribution in [3.8, 4) is 6.07 Å². The van der Waals surface area contributed by atoms with Gasteiger partial charge in [0.05, 0.1) is 0 Å². The molecule has 1 unspecified atom stereocenters. The van der Waals surface area contributed by atoms with Crippen molar-refractivity contribution >= 4 is 21.4 Å². The molecule has 0 saturated heterocycles. The maximum Gasteiger partial charge on any atom is 0.250 e. The Kier molecular flexibility index (Phi) is 3.95. The van der Waals surface area contributed by atoms with Crippen LogP contribution in [0.25, 0.3) is 0 Å². The van der Waals surface area contributed by atoms with Crippen LogP contribution in [0, 0.1) is 11.3 Å². The maximum absolute atomic E-state index is 12.1. The predicted molar refractivity (Wildman–Crippen MR) is 72.0 cm³/mol. The van der Waals surface area contributed by atoms with Gasteiger partial charge in [-0.1, -0.05) is 6.07 Å². The molecule has 0 amide bonds. The lowest BCUT2D eigenvalue weighted by Crippen LogP contribution is -2.26. The molecule has 1 atom stereocenters. The molecule has 0 aliphatic rings. The highest BCUT2D eigenvalue weighted by Gasteiger charge is 2.20. The lowest BCUT2D eigenvalue weighted by molar-refractivity contribution is 0.568. The molecule has 0 bridgehead atoms. The minimum Gasteiger partial charge on any atom is -0.264 e. The lowest BCUT2D eigenvalue weighted by Gasteiger charge is -2.13. The quantitative estimate of drug-likeness (QED) is 0.935. The van der Waals surface area contributed by atoms with Gasteiger partial charge in [-0.05, 0) is 30.7 Å². The number of hydrogen-bond acceptors (Lipinski definition) is 5. The Bertz CT molecular complexity index is 702. The van der Waals surface area contributed by atoms with Gasteiger partial charge < -0.3 is 0 Å². The molecule has 2 rings (SSSR count). The van der Waals surface area contributed by atoms with Crippen molar-refractivity contribution < 1.29 is 8.42 Å². The minimum absolute atomic E-state index is 0.139. The zero-order valence-electron chi connectivity index (χ0n) is 10.1. The fourth-order valence-electron chi connectivity index (χ4n) is 1.52. The predicted octanol–water partition coefficient (Wildman–Crippen LogP) is 2.05. The van der Waals surface area contributed by atoms with E-state index in [1.54, 1.807) is 31.5 Å². The van der Waals surface area contributed by atoms with E-state index in [4.69, 9.17) is 5.26 Å². The number of nitriles is 1. The summed E-state index contributed by atoms with van der Waals surface area (Å²) in [7, 11) is -3.61. The number of sulfonamides is 1. The Morgan fingerprint density at radius 1 is 1.42 bits per heavy atom. The topological polar surface area (TPSA) is 82.9 Å². The number of pyridine rings is 1. The fraction of sp³-hybridized carbons (Fsp3) is 0.167. The van der Waals surface area contributed by atoms with Crippen LogP contribution in [0.4, 0.5) is 0 Å². The van der Waals surface area contributed by atoms with Crippen LogP contribution in [0.5, 0.6) is 0 Å². The second kappa shape index (κ2) is 5.48. The smallest absolute Gasteiger partial charge is 0.250 e. The number of aromatic nitrogens is 1. The summed E-state index contributed by atoms with van der Waals surface area (Å²) in [6.07, 6.45) is 3.24. The molecule has 2 heterocycles. The molecule has 98 valence electrons. The van der Waals surface area contributed by atoms with Crippen LogP contribution < -0.4 is 4.72 Å². The lowest BCUT2D eigenvalue weighted by atomic mass is 10.2.